The second kappa shape index (κ2) is 9.48. The molecule has 1 aromatic heterocycles. The van der Waals surface area contributed by atoms with Crippen LogP contribution >= 0.6 is 0 Å². The summed E-state index contributed by atoms with van der Waals surface area (Å²) in [5.41, 5.74) is 4.27. The van der Waals surface area contributed by atoms with E-state index in [1.807, 2.05) is 0 Å². The van der Waals surface area contributed by atoms with Crippen LogP contribution in [0.3, 0.4) is 0 Å². The van der Waals surface area contributed by atoms with Crippen molar-refractivity contribution in [2.75, 3.05) is 24.5 Å². The van der Waals surface area contributed by atoms with Crippen LogP contribution in [0.2, 0.25) is 0 Å². The Hall–Kier alpha value is -2.59. The molecule has 0 aliphatic carbocycles. The Labute approximate surface area is 179 Å². The highest BCUT2D eigenvalue weighted by atomic mass is 19.1. The Morgan fingerprint density at radius 1 is 0.933 bits per heavy atom. The van der Waals surface area contributed by atoms with Gasteiger partial charge in [0.25, 0.3) is 0 Å². The van der Waals surface area contributed by atoms with Crippen LogP contribution in [-0.2, 0) is 6.42 Å². The third-order valence-corrected chi connectivity index (χ3v) is 6.37. The summed E-state index contributed by atoms with van der Waals surface area (Å²) in [5, 5.41) is 0. The van der Waals surface area contributed by atoms with Crippen LogP contribution in [0.1, 0.15) is 32.3 Å². The van der Waals surface area contributed by atoms with Crippen molar-refractivity contribution in [3.63, 3.8) is 0 Å². The maximum atomic E-state index is 11.9. The standard InChI is InChI=1S/C20H27N3.C6H5F/c1-3-21-12-8-18(9-13-21)23-16(2)14-17-6-7-19(15-20(17)23)22-10-4-5-11-22;7-6-4-2-1-3-5-6/h4-7,10-11,15-16,18H,3,8-9,12-14H2,1-2H3;1-5H. The number of benzene rings is 2. The minimum atomic E-state index is -0.178. The highest BCUT2D eigenvalue weighted by Crippen LogP contribution is 2.37. The normalized spacial score (nSPS) is 19.3. The van der Waals surface area contributed by atoms with Crippen molar-refractivity contribution in [2.45, 2.75) is 45.2 Å². The molecule has 3 heterocycles. The van der Waals surface area contributed by atoms with Gasteiger partial charge in [0, 0.05) is 48.9 Å². The second-order valence-corrected chi connectivity index (χ2v) is 8.32. The van der Waals surface area contributed by atoms with E-state index in [9.17, 15) is 4.39 Å². The molecule has 2 aliphatic heterocycles. The average molecular weight is 406 g/mol. The second-order valence-electron chi connectivity index (χ2n) is 8.32. The first-order chi connectivity index (χ1) is 14.7. The summed E-state index contributed by atoms with van der Waals surface area (Å²) < 4.78 is 14.1. The Bertz CT molecular complexity index is 915. The topological polar surface area (TPSA) is 11.4 Å². The van der Waals surface area contributed by atoms with Crippen LogP contribution in [0.4, 0.5) is 10.1 Å². The highest BCUT2D eigenvalue weighted by Gasteiger charge is 2.33. The first kappa shape index (κ1) is 20.7. The molecule has 0 spiro atoms. The van der Waals surface area contributed by atoms with Gasteiger partial charge in [-0.05, 0) is 74.7 Å². The first-order valence-electron chi connectivity index (χ1n) is 11.1. The van der Waals surface area contributed by atoms with E-state index in [-0.39, 0.29) is 5.82 Å². The molecule has 1 unspecified atom stereocenters. The molecule has 1 fully saturated rings. The third kappa shape index (κ3) is 4.59. The minimum absolute atomic E-state index is 0.178. The van der Waals surface area contributed by atoms with Crippen LogP contribution in [-0.4, -0.2) is 41.2 Å². The van der Waals surface area contributed by atoms with Crippen molar-refractivity contribution in [1.29, 1.82) is 0 Å². The van der Waals surface area contributed by atoms with E-state index >= 15 is 0 Å². The van der Waals surface area contributed by atoms with Crippen LogP contribution in [0.15, 0.2) is 73.1 Å². The number of rotatable bonds is 3. The fourth-order valence-electron chi connectivity index (χ4n) is 4.77. The van der Waals surface area contributed by atoms with Crippen LogP contribution < -0.4 is 4.90 Å². The molecule has 3 aromatic rings. The van der Waals surface area contributed by atoms with E-state index < -0.39 is 0 Å². The molecule has 158 valence electrons. The van der Waals surface area contributed by atoms with E-state index in [1.54, 1.807) is 18.2 Å². The number of nitrogens with zero attached hydrogens (tertiary/aromatic N) is 3. The number of hydrogen-bond donors (Lipinski definition) is 0. The summed E-state index contributed by atoms with van der Waals surface area (Å²) >= 11 is 0. The van der Waals surface area contributed by atoms with Crippen LogP contribution in [0.5, 0.6) is 0 Å². The summed E-state index contributed by atoms with van der Waals surface area (Å²) in [6.07, 6.45) is 8.04. The first-order valence-corrected chi connectivity index (χ1v) is 11.1. The average Bonchev–Trinajstić information content (AvgIpc) is 3.42. The molecule has 0 saturated carbocycles. The van der Waals surface area contributed by atoms with Crippen molar-refractivity contribution in [1.82, 2.24) is 9.47 Å². The van der Waals surface area contributed by atoms with Crippen molar-refractivity contribution in [3.8, 4) is 5.69 Å². The zero-order valence-corrected chi connectivity index (χ0v) is 18.0. The van der Waals surface area contributed by atoms with Gasteiger partial charge < -0.3 is 14.4 Å². The fourth-order valence-corrected chi connectivity index (χ4v) is 4.77. The number of fused-ring (bicyclic) bond motifs is 1. The molecule has 5 rings (SSSR count). The summed E-state index contributed by atoms with van der Waals surface area (Å²) in [6, 6.07) is 20.4. The predicted octanol–water partition coefficient (Wildman–Crippen LogP) is 5.54. The van der Waals surface area contributed by atoms with Gasteiger partial charge in [-0.3, -0.25) is 0 Å². The maximum Gasteiger partial charge on any atom is 0.123 e. The molecule has 0 N–H and O–H groups in total. The fraction of sp³-hybridized carbons (Fsp3) is 0.385. The van der Waals surface area contributed by atoms with Gasteiger partial charge in [0.05, 0.1) is 0 Å². The lowest BCUT2D eigenvalue weighted by atomic mass is 10.0. The number of piperidine rings is 1. The summed E-state index contributed by atoms with van der Waals surface area (Å²) in [5.74, 6) is -0.178. The molecule has 1 atom stereocenters. The monoisotopic (exact) mass is 405 g/mol. The van der Waals surface area contributed by atoms with Gasteiger partial charge in [-0.25, -0.2) is 4.39 Å². The lowest BCUT2D eigenvalue weighted by Gasteiger charge is -2.40. The van der Waals surface area contributed by atoms with Crippen LogP contribution in [0.25, 0.3) is 5.69 Å². The van der Waals surface area contributed by atoms with E-state index in [4.69, 9.17) is 0 Å². The number of hydrogen-bond acceptors (Lipinski definition) is 2. The third-order valence-electron chi connectivity index (χ3n) is 6.37. The summed E-state index contributed by atoms with van der Waals surface area (Å²) in [6.45, 7) is 8.35. The number of halogens is 1. The van der Waals surface area contributed by atoms with Gasteiger partial charge in [0.1, 0.15) is 5.82 Å². The number of aromatic nitrogens is 1. The van der Waals surface area contributed by atoms with Gasteiger partial charge in [0.15, 0.2) is 0 Å². The van der Waals surface area contributed by atoms with Crippen molar-refractivity contribution in [3.05, 3.63) is 84.4 Å². The van der Waals surface area contributed by atoms with Crippen molar-refractivity contribution >= 4 is 5.69 Å². The van der Waals surface area contributed by atoms with Crippen LogP contribution in [0, 0.1) is 5.82 Å². The van der Waals surface area contributed by atoms with E-state index in [2.05, 4.69) is 70.9 Å². The molecule has 3 nitrogen and oxygen atoms in total. The number of anilines is 1. The molecule has 1 saturated heterocycles. The molecule has 2 aliphatic rings. The van der Waals surface area contributed by atoms with Gasteiger partial charge >= 0.3 is 0 Å². The largest absolute Gasteiger partial charge is 0.365 e. The van der Waals surface area contributed by atoms with Crippen molar-refractivity contribution < 1.29 is 4.39 Å². The smallest absolute Gasteiger partial charge is 0.123 e. The lowest BCUT2D eigenvalue weighted by Crippen LogP contribution is -2.47. The minimum Gasteiger partial charge on any atom is -0.365 e. The van der Waals surface area contributed by atoms with Crippen molar-refractivity contribution in [2.24, 2.45) is 0 Å². The van der Waals surface area contributed by atoms with Gasteiger partial charge in [-0.1, -0.05) is 31.2 Å². The predicted molar refractivity (Wildman–Crippen MR) is 123 cm³/mol. The highest BCUT2D eigenvalue weighted by molar-refractivity contribution is 5.64. The molecule has 2 aromatic carbocycles. The Morgan fingerprint density at radius 3 is 2.23 bits per heavy atom. The SMILES string of the molecule is CCN1CCC(N2c3cc(-n4cccc4)ccc3CC2C)CC1.Fc1ccccc1. The van der Waals surface area contributed by atoms with E-state index in [0.29, 0.717) is 12.1 Å². The quantitative estimate of drug-likeness (QED) is 0.567. The zero-order chi connectivity index (χ0) is 20.9. The summed E-state index contributed by atoms with van der Waals surface area (Å²) in [4.78, 5) is 5.30. The maximum absolute atomic E-state index is 11.9. The molecular formula is C26H32FN3. The Balaban J connectivity index is 0.000000265. The van der Waals surface area contributed by atoms with E-state index in [0.717, 1.165) is 0 Å². The lowest BCUT2D eigenvalue weighted by molar-refractivity contribution is 0.216. The molecule has 4 heteroatoms. The Morgan fingerprint density at radius 2 is 1.63 bits per heavy atom. The molecule has 0 bridgehead atoms. The summed E-state index contributed by atoms with van der Waals surface area (Å²) in [7, 11) is 0. The van der Waals surface area contributed by atoms with Gasteiger partial charge in [-0.2, -0.15) is 0 Å². The zero-order valence-electron chi connectivity index (χ0n) is 18.0. The molecular weight excluding hydrogens is 373 g/mol. The molecule has 0 radical (unpaired) electrons. The Kier molecular flexibility index (Phi) is 6.53. The number of likely N-dealkylation sites (tertiary alicyclic amines) is 1. The molecule has 0 amide bonds. The van der Waals surface area contributed by atoms with Gasteiger partial charge in [0.2, 0.25) is 0 Å². The van der Waals surface area contributed by atoms with Gasteiger partial charge in [-0.15, -0.1) is 0 Å². The molecule has 30 heavy (non-hydrogen) atoms. The van der Waals surface area contributed by atoms with E-state index in [1.165, 1.54) is 68.0 Å².